The van der Waals surface area contributed by atoms with E-state index in [1.807, 2.05) is 0 Å². The van der Waals surface area contributed by atoms with Crippen molar-refractivity contribution in [3.8, 4) is 0 Å². The minimum Gasteiger partial charge on any atom is -0.353 e. The minimum absolute atomic E-state index is 0.0310. The van der Waals surface area contributed by atoms with Crippen molar-refractivity contribution in [1.82, 2.24) is 0 Å². The van der Waals surface area contributed by atoms with Gasteiger partial charge in [0.15, 0.2) is 6.29 Å². The number of rotatable bonds is 32. The molecule has 0 bridgehead atoms. The lowest BCUT2D eigenvalue weighted by Gasteiger charge is -2.19. The molecule has 0 amide bonds. The molecule has 0 spiro atoms. The molecule has 0 saturated carbocycles. The Kier molecular flexibility index (Phi) is 34.8. The maximum atomic E-state index is 6.23. The Morgan fingerprint density at radius 1 is 0.459 bits per heavy atom. The van der Waals surface area contributed by atoms with Crippen molar-refractivity contribution in [2.45, 2.75) is 187 Å². The van der Waals surface area contributed by atoms with Crippen molar-refractivity contribution in [2.24, 2.45) is 0 Å². The third-order valence-corrected chi connectivity index (χ3v) is 7.98. The van der Waals surface area contributed by atoms with Gasteiger partial charge in [-0.2, -0.15) is 0 Å². The summed E-state index contributed by atoms with van der Waals surface area (Å²) < 4.78 is 13.7. The van der Waals surface area contributed by atoms with E-state index < -0.39 is 0 Å². The quantitative estimate of drug-likeness (QED) is 0.0241. The molecule has 0 aromatic heterocycles. The number of hydrogen-bond donors (Lipinski definition) is 0. The molecule has 0 aromatic carbocycles. The molecule has 0 aromatic rings. The van der Waals surface area contributed by atoms with E-state index in [4.69, 9.17) is 9.47 Å². The van der Waals surface area contributed by atoms with Crippen LogP contribution in [0.4, 0.5) is 0 Å². The summed E-state index contributed by atoms with van der Waals surface area (Å²) in [6.07, 6.45) is 39.5. The van der Waals surface area contributed by atoms with Crippen LogP contribution in [0.2, 0.25) is 0 Å². The van der Waals surface area contributed by atoms with E-state index in [1.165, 1.54) is 165 Å². The molecule has 2 nitrogen and oxygen atoms in total. The van der Waals surface area contributed by atoms with Crippen molar-refractivity contribution < 1.29 is 9.47 Å². The standard InChI is InChI=1S/C34H67IO2/c1-3-5-7-9-11-20-24-28-32-36-34(37-33-29-25-21-12-10-8-6-4-2)30-26-22-18-16-14-13-15-17-19-23-27-31-35/h19,23,34H,3-18,20-22,24-33H2,1-2H3/b23-19-. The van der Waals surface area contributed by atoms with Crippen molar-refractivity contribution >= 4 is 22.6 Å². The highest BCUT2D eigenvalue weighted by Gasteiger charge is 2.09. The van der Waals surface area contributed by atoms with Gasteiger partial charge >= 0.3 is 0 Å². The molecule has 0 saturated heterocycles. The molecule has 0 rings (SSSR count). The lowest BCUT2D eigenvalue weighted by molar-refractivity contribution is -0.148. The van der Waals surface area contributed by atoms with Gasteiger partial charge < -0.3 is 9.47 Å². The summed E-state index contributed by atoms with van der Waals surface area (Å²) in [7, 11) is 0. The van der Waals surface area contributed by atoms with Crippen LogP contribution in [0, 0.1) is 0 Å². The minimum atomic E-state index is 0.0310. The van der Waals surface area contributed by atoms with Crippen LogP contribution in [0.15, 0.2) is 12.2 Å². The smallest absolute Gasteiger partial charge is 0.157 e. The van der Waals surface area contributed by atoms with Gasteiger partial charge in [-0.1, -0.05) is 171 Å². The van der Waals surface area contributed by atoms with Gasteiger partial charge in [-0.3, -0.25) is 0 Å². The molecule has 0 aliphatic carbocycles. The predicted molar refractivity (Wildman–Crippen MR) is 175 cm³/mol. The number of alkyl halides is 1. The van der Waals surface area contributed by atoms with Crippen LogP contribution in [0.5, 0.6) is 0 Å². The van der Waals surface area contributed by atoms with E-state index in [2.05, 4.69) is 48.6 Å². The molecule has 37 heavy (non-hydrogen) atoms. The summed E-state index contributed by atoms with van der Waals surface area (Å²) in [5.74, 6) is 0. The van der Waals surface area contributed by atoms with Gasteiger partial charge in [0.1, 0.15) is 0 Å². The van der Waals surface area contributed by atoms with Crippen LogP contribution in [-0.4, -0.2) is 23.9 Å². The largest absolute Gasteiger partial charge is 0.353 e. The van der Waals surface area contributed by atoms with Crippen LogP contribution in [-0.2, 0) is 9.47 Å². The molecule has 0 aliphatic heterocycles. The number of halogens is 1. The maximum Gasteiger partial charge on any atom is 0.157 e. The Morgan fingerprint density at radius 2 is 0.838 bits per heavy atom. The highest BCUT2D eigenvalue weighted by atomic mass is 127. The molecule has 0 unspecified atom stereocenters. The third-order valence-electron chi connectivity index (χ3n) is 7.36. The zero-order valence-electron chi connectivity index (χ0n) is 25.4. The predicted octanol–water partition coefficient (Wildman–Crippen LogP) is 12.5. The first kappa shape index (κ1) is 37.4. The molecule has 0 fully saturated rings. The van der Waals surface area contributed by atoms with Gasteiger partial charge in [0.05, 0.1) is 0 Å². The topological polar surface area (TPSA) is 18.5 Å². The summed E-state index contributed by atoms with van der Waals surface area (Å²) in [4.78, 5) is 0. The second kappa shape index (κ2) is 34.4. The van der Waals surface area contributed by atoms with Crippen molar-refractivity contribution in [2.75, 3.05) is 17.6 Å². The van der Waals surface area contributed by atoms with E-state index in [0.29, 0.717) is 0 Å². The fourth-order valence-corrected chi connectivity index (χ4v) is 5.23. The Hall–Kier alpha value is 0.390. The van der Waals surface area contributed by atoms with Crippen LogP contribution in [0.1, 0.15) is 181 Å². The average Bonchev–Trinajstić information content (AvgIpc) is 2.91. The van der Waals surface area contributed by atoms with Gasteiger partial charge in [0, 0.05) is 17.6 Å². The van der Waals surface area contributed by atoms with Crippen molar-refractivity contribution in [1.29, 1.82) is 0 Å². The third kappa shape index (κ3) is 32.5. The van der Waals surface area contributed by atoms with Gasteiger partial charge in [-0.25, -0.2) is 0 Å². The van der Waals surface area contributed by atoms with E-state index in [-0.39, 0.29) is 6.29 Å². The average molecular weight is 635 g/mol. The lowest BCUT2D eigenvalue weighted by atomic mass is 10.1. The van der Waals surface area contributed by atoms with Crippen LogP contribution < -0.4 is 0 Å². The molecule has 0 atom stereocenters. The van der Waals surface area contributed by atoms with Gasteiger partial charge in [-0.15, -0.1) is 0 Å². The first-order valence-electron chi connectivity index (χ1n) is 16.8. The first-order valence-corrected chi connectivity index (χ1v) is 18.3. The van der Waals surface area contributed by atoms with Gasteiger partial charge in [-0.05, 0) is 44.9 Å². The van der Waals surface area contributed by atoms with Crippen LogP contribution in [0.25, 0.3) is 0 Å². The summed E-state index contributed by atoms with van der Waals surface area (Å²) in [5.41, 5.74) is 0. The van der Waals surface area contributed by atoms with E-state index in [9.17, 15) is 0 Å². The van der Waals surface area contributed by atoms with Crippen molar-refractivity contribution in [3.63, 3.8) is 0 Å². The Labute approximate surface area is 248 Å². The summed E-state index contributed by atoms with van der Waals surface area (Å²) in [5, 5.41) is 0. The second-order valence-electron chi connectivity index (χ2n) is 11.1. The molecular formula is C34H67IO2. The Bertz CT molecular complexity index is 404. The second-order valence-corrected chi connectivity index (χ2v) is 12.2. The molecular weight excluding hydrogens is 567 g/mol. The monoisotopic (exact) mass is 634 g/mol. The van der Waals surface area contributed by atoms with Gasteiger partial charge in [0.25, 0.3) is 0 Å². The number of ether oxygens (including phenoxy) is 2. The van der Waals surface area contributed by atoms with E-state index in [0.717, 1.165) is 19.6 Å². The SMILES string of the molecule is CCCCCCCCCCOC(CCCCCCCCC/C=C\CCI)OCCCCCCCCCC. The zero-order chi connectivity index (χ0) is 26.9. The number of allylic oxidation sites excluding steroid dienone is 2. The molecule has 0 radical (unpaired) electrons. The van der Waals surface area contributed by atoms with E-state index >= 15 is 0 Å². The Morgan fingerprint density at radius 3 is 1.30 bits per heavy atom. The van der Waals surface area contributed by atoms with Gasteiger partial charge in [0.2, 0.25) is 0 Å². The molecule has 0 aliphatic rings. The Balaban J connectivity index is 3.88. The zero-order valence-corrected chi connectivity index (χ0v) is 27.6. The fraction of sp³-hybridized carbons (Fsp3) is 0.941. The summed E-state index contributed by atoms with van der Waals surface area (Å²) in [6.45, 7) is 6.34. The maximum absolute atomic E-state index is 6.23. The fourth-order valence-electron chi connectivity index (χ4n) is 4.87. The summed E-state index contributed by atoms with van der Waals surface area (Å²) >= 11 is 2.45. The highest BCUT2D eigenvalue weighted by molar-refractivity contribution is 14.1. The summed E-state index contributed by atoms with van der Waals surface area (Å²) in [6, 6.07) is 0. The highest BCUT2D eigenvalue weighted by Crippen LogP contribution is 2.15. The first-order chi connectivity index (χ1) is 18.3. The normalized spacial score (nSPS) is 11.9. The molecule has 222 valence electrons. The van der Waals surface area contributed by atoms with Crippen LogP contribution >= 0.6 is 22.6 Å². The number of hydrogen-bond acceptors (Lipinski definition) is 2. The molecule has 0 N–H and O–H groups in total. The lowest BCUT2D eigenvalue weighted by Crippen LogP contribution is -2.19. The van der Waals surface area contributed by atoms with E-state index in [1.54, 1.807) is 0 Å². The van der Waals surface area contributed by atoms with Crippen LogP contribution in [0.3, 0.4) is 0 Å². The van der Waals surface area contributed by atoms with Crippen molar-refractivity contribution in [3.05, 3.63) is 12.2 Å². The number of unbranched alkanes of at least 4 members (excludes halogenated alkanes) is 21. The molecule has 3 heteroatoms. The molecule has 0 heterocycles.